The van der Waals surface area contributed by atoms with E-state index in [-0.39, 0.29) is 12.2 Å². The zero-order valence-corrected chi connectivity index (χ0v) is 19.4. The number of carbonyl (C=O) groups is 1. The van der Waals surface area contributed by atoms with E-state index in [1.54, 1.807) is 29.1 Å². The van der Waals surface area contributed by atoms with Gasteiger partial charge < -0.3 is 4.74 Å². The summed E-state index contributed by atoms with van der Waals surface area (Å²) in [6, 6.07) is 14.7. The fraction of sp³-hybridized carbons (Fsp3) is 0.130. The molecule has 0 aliphatic rings. The molecule has 0 saturated carbocycles. The number of hydrogen-bond donors (Lipinski definition) is 0. The van der Waals surface area contributed by atoms with Crippen molar-refractivity contribution in [2.45, 2.75) is 20.1 Å². The van der Waals surface area contributed by atoms with Crippen LogP contribution < -0.4 is 5.56 Å². The zero-order chi connectivity index (χ0) is 22.7. The maximum absolute atomic E-state index is 12.2. The molecule has 0 radical (unpaired) electrons. The summed E-state index contributed by atoms with van der Waals surface area (Å²) in [7, 11) is 0. The molecule has 4 rings (SSSR count). The Labute approximate surface area is 197 Å². The fourth-order valence-electron chi connectivity index (χ4n) is 3.16. The highest BCUT2D eigenvalue weighted by Gasteiger charge is 2.12. The fourth-order valence-corrected chi connectivity index (χ4v) is 3.80. The molecule has 1 aromatic carbocycles. The number of nitrogens with zero attached hydrogens (tertiary/aromatic N) is 4. The summed E-state index contributed by atoms with van der Waals surface area (Å²) in [5, 5.41) is 4.89. The highest BCUT2D eigenvalue weighted by Crippen LogP contribution is 2.22. The molecule has 0 N–H and O–H groups in total. The van der Waals surface area contributed by atoms with Crippen molar-refractivity contribution < 1.29 is 9.53 Å². The van der Waals surface area contributed by atoms with Crippen molar-refractivity contribution in [3.63, 3.8) is 0 Å². The molecule has 0 bridgehead atoms. The number of carbonyl (C=O) groups excluding carboxylic acids is 1. The minimum atomic E-state index is -0.575. The summed E-state index contributed by atoms with van der Waals surface area (Å²) in [6.07, 6.45) is 4.50. The molecule has 3 heterocycles. The van der Waals surface area contributed by atoms with Gasteiger partial charge in [-0.05, 0) is 46.6 Å². The first-order chi connectivity index (χ1) is 15.4. The van der Waals surface area contributed by atoms with Crippen LogP contribution in [0.5, 0.6) is 0 Å². The van der Waals surface area contributed by atoms with Gasteiger partial charge in [0.1, 0.15) is 17.4 Å². The molecular formula is C23H18BrClN4O3. The van der Waals surface area contributed by atoms with Crippen molar-refractivity contribution in [3.8, 4) is 0 Å². The monoisotopic (exact) mass is 512 g/mol. The maximum atomic E-state index is 12.2. The van der Waals surface area contributed by atoms with E-state index in [1.807, 2.05) is 37.3 Å². The summed E-state index contributed by atoms with van der Waals surface area (Å²) in [4.78, 5) is 28.8. The third-order valence-electron chi connectivity index (χ3n) is 4.71. The molecule has 4 aromatic rings. The van der Waals surface area contributed by atoms with Crippen molar-refractivity contribution in [3.05, 3.63) is 103 Å². The Kier molecular flexibility index (Phi) is 6.53. The molecule has 0 spiro atoms. The van der Waals surface area contributed by atoms with E-state index < -0.39 is 5.97 Å². The van der Waals surface area contributed by atoms with Crippen molar-refractivity contribution in [1.82, 2.24) is 19.2 Å². The van der Waals surface area contributed by atoms with Crippen LogP contribution in [0.4, 0.5) is 0 Å². The van der Waals surface area contributed by atoms with E-state index >= 15 is 0 Å². The van der Waals surface area contributed by atoms with Crippen molar-refractivity contribution in [2.75, 3.05) is 0 Å². The largest absolute Gasteiger partial charge is 0.456 e. The topological polar surface area (TPSA) is 78.5 Å². The van der Waals surface area contributed by atoms with Crippen molar-refractivity contribution >= 4 is 45.2 Å². The molecule has 32 heavy (non-hydrogen) atoms. The van der Waals surface area contributed by atoms with E-state index in [0.717, 1.165) is 10.0 Å². The van der Waals surface area contributed by atoms with Gasteiger partial charge in [0.05, 0.1) is 17.9 Å². The van der Waals surface area contributed by atoms with Gasteiger partial charge in [0.15, 0.2) is 0 Å². The molecule has 9 heteroatoms. The van der Waals surface area contributed by atoms with Crippen molar-refractivity contribution in [2.24, 2.45) is 0 Å². The Bertz CT molecular complexity index is 1380. The van der Waals surface area contributed by atoms with Crippen LogP contribution in [0, 0.1) is 6.92 Å². The van der Waals surface area contributed by atoms with Crippen LogP contribution in [0.3, 0.4) is 0 Å². The highest BCUT2D eigenvalue weighted by atomic mass is 79.9. The van der Waals surface area contributed by atoms with Gasteiger partial charge in [-0.1, -0.05) is 41.9 Å². The summed E-state index contributed by atoms with van der Waals surface area (Å²) in [5.41, 5.74) is 2.99. The Morgan fingerprint density at radius 1 is 1.22 bits per heavy atom. The number of benzene rings is 1. The molecule has 7 nitrogen and oxygen atoms in total. The predicted molar refractivity (Wildman–Crippen MR) is 126 cm³/mol. The third-order valence-corrected chi connectivity index (χ3v) is 5.58. The lowest BCUT2D eigenvalue weighted by Gasteiger charge is -2.05. The second-order valence-corrected chi connectivity index (χ2v) is 8.31. The Morgan fingerprint density at radius 3 is 2.78 bits per heavy atom. The second-order valence-electron chi connectivity index (χ2n) is 7.04. The molecule has 0 aliphatic carbocycles. The van der Waals surface area contributed by atoms with Gasteiger partial charge in [0.25, 0.3) is 5.56 Å². The zero-order valence-electron chi connectivity index (χ0n) is 17.0. The molecule has 0 aliphatic heterocycles. The average Bonchev–Trinajstić information content (AvgIpc) is 3.04. The number of fused-ring (bicyclic) bond motifs is 1. The van der Waals surface area contributed by atoms with Crippen LogP contribution in [0.2, 0.25) is 5.15 Å². The number of pyridine rings is 1. The lowest BCUT2D eigenvalue weighted by molar-refractivity contribution is -0.139. The molecule has 0 unspecified atom stereocenters. The second kappa shape index (κ2) is 9.50. The SMILES string of the molecule is Cc1nn(Cc2ccccc2)c(Cl)c1C=CC(=O)OCc1cc(=O)n2cc(Br)ccc2n1. The van der Waals surface area contributed by atoms with Gasteiger partial charge in [0, 0.05) is 28.4 Å². The smallest absolute Gasteiger partial charge is 0.331 e. The van der Waals surface area contributed by atoms with Crippen LogP contribution in [0.25, 0.3) is 11.7 Å². The number of esters is 1. The first kappa shape index (κ1) is 22.0. The van der Waals surface area contributed by atoms with Gasteiger partial charge in [-0.2, -0.15) is 5.10 Å². The number of rotatable bonds is 6. The van der Waals surface area contributed by atoms with E-state index in [4.69, 9.17) is 16.3 Å². The molecule has 0 atom stereocenters. The van der Waals surface area contributed by atoms with E-state index in [0.29, 0.717) is 34.3 Å². The van der Waals surface area contributed by atoms with Crippen LogP contribution in [-0.2, 0) is 22.7 Å². The summed E-state index contributed by atoms with van der Waals surface area (Å²) in [6.45, 7) is 2.23. The highest BCUT2D eigenvalue weighted by molar-refractivity contribution is 9.10. The minimum Gasteiger partial charge on any atom is -0.456 e. The van der Waals surface area contributed by atoms with Gasteiger partial charge in [0.2, 0.25) is 0 Å². The quantitative estimate of drug-likeness (QED) is 0.282. The van der Waals surface area contributed by atoms with Crippen LogP contribution in [0.15, 0.2) is 70.1 Å². The van der Waals surface area contributed by atoms with Crippen LogP contribution in [0.1, 0.15) is 22.5 Å². The van der Waals surface area contributed by atoms with Crippen LogP contribution in [-0.4, -0.2) is 25.1 Å². The van der Waals surface area contributed by atoms with E-state index in [2.05, 4.69) is 26.0 Å². The summed E-state index contributed by atoms with van der Waals surface area (Å²) in [5.74, 6) is -0.575. The Balaban J connectivity index is 1.43. The van der Waals surface area contributed by atoms with E-state index in [9.17, 15) is 9.59 Å². The Morgan fingerprint density at radius 2 is 2.00 bits per heavy atom. The van der Waals surface area contributed by atoms with Crippen LogP contribution >= 0.6 is 27.5 Å². The lowest BCUT2D eigenvalue weighted by Crippen LogP contribution is -2.16. The minimum absolute atomic E-state index is 0.120. The first-order valence-corrected chi connectivity index (χ1v) is 10.9. The molecule has 0 saturated heterocycles. The van der Waals surface area contributed by atoms with Gasteiger partial charge in [-0.3, -0.25) is 9.20 Å². The molecule has 3 aromatic heterocycles. The lowest BCUT2D eigenvalue weighted by atomic mass is 10.2. The number of ether oxygens (including phenoxy) is 1. The maximum Gasteiger partial charge on any atom is 0.331 e. The molecule has 0 fully saturated rings. The standard InChI is InChI=1S/C23H18BrClN4O3/c1-15-19(23(25)29(27-15)12-16-5-3-2-4-6-16)8-10-22(31)32-14-18-11-21(30)28-13-17(24)7-9-20(28)26-18/h2-11,13H,12,14H2,1H3. The number of aromatic nitrogens is 4. The average molecular weight is 514 g/mol. The molecule has 162 valence electrons. The summed E-state index contributed by atoms with van der Waals surface area (Å²) < 4.78 is 9.10. The first-order valence-electron chi connectivity index (χ1n) is 9.70. The number of hydrogen-bond acceptors (Lipinski definition) is 5. The van der Waals surface area contributed by atoms with Gasteiger partial charge >= 0.3 is 5.97 Å². The molecule has 0 amide bonds. The predicted octanol–water partition coefficient (Wildman–Crippen LogP) is 4.42. The number of halogens is 2. The molecular weight excluding hydrogens is 496 g/mol. The van der Waals surface area contributed by atoms with Crippen molar-refractivity contribution in [1.29, 1.82) is 0 Å². The van der Waals surface area contributed by atoms with E-state index in [1.165, 1.54) is 16.5 Å². The Hall–Kier alpha value is -3.23. The third kappa shape index (κ3) is 4.98. The van der Waals surface area contributed by atoms with Gasteiger partial charge in [-0.25, -0.2) is 14.5 Å². The summed E-state index contributed by atoms with van der Waals surface area (Å²) >= 11 is 9.79. The number of aryl methyl sites for hydroxylation is 1. The van der Waals surface area contributed by atoms with Gasteiger partial charge in [-0.15, -0.1) is 0 Å². The normalized spacial score (nSPS) is 11.3.